The van der Waals surface area contributed by atoms with Gasteiger partial charge in [-0.25, -0.2) is 8.42 Å². The van der Waals surface area contributed by atoms with Crippen molar-refractivity contribution < 1.29 is 13.2 Å². The number of nitrogens with one attached hydrogen (secondary N) is 1. The Morgan fingerprint density at radius 3 is 2.81 bits per heavy atom. The Morgan fingerprint density at radius 2 is 2.14 bits per heavy atom. The molecule has 0 aliphatic carbocycles. The molecule has 0 atom stereocenters. The molecule has 1 aromatic rings. The molecular formula is C13H20N4O3S. The maximum Gasteiger partial charge on any atom is 0.247 e. The highest BCUT2D eigenvalue weighted by molar-refractivity contribution is 7.89. The fourth-order valence-electron chi connectivity index (χ4n) is 2.07. The van der Waals surface area contributed by atoms with Crippen LogP contribution in [-0.2, 0) is 14.8 Å². The summed E-state index contributed by atoms with van der Waals surface area (Å²) in [5.74, 6) is -0.197. The number of sulfonamides is 1. The minimum atomic E-state index is -3.72. The number of hydrogen-bond donors (Lipinski definition) is 1. The number of nitrogens with zero attached hydrogens (tertiary/aromatic N) is 3. The number of carbonyl (C=O) groups excluding carboxylic acids is 1. The maximum atomic E-state index is 12.7. The summed E-state index contributed by atoms with van der Waals surface area (Å²) in [7, 11) is -2.05. The van der Waals surface area contributed by atoms with Gasteiger partial charge in [0.05, 0.1) is 12.2 Å². The molecule has 1 aromatic heterocycles. The summed E-state index contributed by atoms with van der Waals surface area (Å²) in [6, 6.07) is 1.64. The molecule has 2 heterocycles. The van der Waals surface area contributed by atoms with Crippen LogP contribution in [0.2, 0.25) is 0 Å². The van der Waals surface area contributed by atoms with Gasteiger partial charge in [-0.05, 0) is 12.5 Å². The van der Waals surface area contributed by atoms with E-state index >= 15 is 0 Å². The summed E-state index contributed by atoms with van der Waals surface area (Å²) < 4.78 is 26.6. The normalized spacial score (nSPS) is 17.0. The lowest BCUT2D eigenvalue weighted by Crippen LogP contribution is -2.50. The molecule has 0 unspecified atom stereocenters. The Bertz CT molecular complexity index is 618. The first-order valence-electron chi connectivity index (χ1n) is 6.88. The van der Waals surface area contributed by atoms with Crippen molar-refractivity contribution in [2.24, 2.45) is 0 Å². The van der Waals surface area contributed by atoms with Gasteiger partial charge in [-0.15, -0.1) is 0 Å². The second kappa shape index (κ2) is 6.40. The molecule has 1 N–H and O–H groups in total. The number of hydrogen-bond acceptors (Lipinski definition) is 5. The lowest BCUT2D eigenvalue weighted by molar-refractivity contribution is -0.132. The van der Waals surface area contributed by atoms with Crippen LogP contribution in [0.3, 0.4) is 0 Å². The summed E-state index contributed by atoms with van der Waals surface area (Å²) in [5.41, 5.74) is 0.526. The van der Waals surface area contributed by atoms with Crippen LogP contribution in [0.15, 0.2) is 23.4 Å². The number of pyridine rings is 1. The van der Waals surface area contributed by atoms with Crippen molar-refractivity contribution in [1.29, 1.82) is 0 Å². The van der Waals surface area contributed by atoms with Gasteiger partial charge in [0.15, 0.2) is 0 Å². The third-order valence-electron chi connectivity index (χ3n) is 3.39. The number of anilines is 1. The third-order valence-corrected chi connectivity index (χ3v) is 5.26. The van der Waals surface area contributed by atoms with E-state index in [-0.39, 0.29) is 17.3 Å². The van der Waals surface area contributed by atoms with E-state index in [9.17, 15) is 13.2 Å². The number of aromatic nitrogens is 1. The molecule has 2 rings (SSSR count). The molecule has 1 amide bonds. The molecule has 1 fully saturated rings. The van der Waals surface area contributed by atoms with E-state index in [4.69, 9.17) is 0 Å². The molecule has 0 radical (unpaired) electrons. The van der Waals surface area contributed by atoms with Gasteiger partial charge in [0.1, 0.15) is 4.90 Å². The van der Waals surface area contributed by atoms with Crippen LogP contribution in [-0.4, -0.2) is 61.7 Å². The molecule has 1 saturated heterocycles. The summed E-state index contributed by atoms with van der Waals surface area (Å²) in [6.07, 6.45) is 3.76. The molecule has 8 heteroatoms. The van der Waals surface area contributed by atoms with Gasteiger partial charge < -0.3 is 10.2 Å². The van der Waals surface area contributed by atoms with E-state index < -0.39 is 10.0 Å². The average Bonchev–Trinajstić information content (AvgIpc) is 2.48. The van der Waals surface area contributed by atoms with Gasteiger partial charge in [0, 0.05) is 39.1 Å². The van der Waals surface area contributed by atoms with E-state index in [1.54, 1.807) is 19.3 Å². The summed E-state index contributed by atoms with van der Waals surface area (Å²) in [6.45, 7) is 3.25. The Kier molecular flexibility index (Phi) is 4.79. The molecule has 0 saturated carbocycles. The van der Waals surface area contributed by atoms with Crippen molar-refractivity contribution in [1.82, 2.24) is 14.2 Å². The molecule has 116 valence electrons. The topological polar surface area (TPSA) is 82.6 Å². The Balaban J connectivity index is 2.29. The second-order valence-electron chi connectivity index (χ2n) is 4.95. The largest absolute Gasteiger partial charge is 0.384 e. The van der Waals surface area contributed by atoms with Crippen LogP contribution in [0.1, 0.15) is 13.3 Å². The molecule has 0 aromatic carbocycles. The van der Waals surface area contributed by atoms with E-state index in [1.807, 2.05) is 6.92 Å². The van der Waals surface area contributed by atoms with Crippen LogP contribution >= 0.6 is 0 Å². The zero-order valence-corrected chi connectivity index (χ0v) is 13.1. The molecular weight excluding hydrogens is 292 g/mol. The van der Waals surface area contributed by atoms with E-state index in [0.717, 1.165) is 6.42 Å². The summed E-state index contributed by atoms with van der Waals surface area (Å²) in [4.78, 5) is 17.3. The van der Waals surface area contributed by atoms with Crippen molar-refractivity contribution in [2.75, 3.05) is 38.5 Å². The smallest absolute Gasteiger partial charge is 0.247 e. The average molecular weight is 312 g/mol. The quantitative estimate of drug-likeness (QED) is 0.849. The van der Waals surface area contributed by atoms with Crippen LogP contribution in [0.5, 0.6) is 0 Å². The number of rotatable bonds is 5. The molecule has 21 heavy (non-hydrogen) atoms. The summed E-state index contributed by atoms with van der Waals surface area (Å²) >= 11 is 0. The van der Waals surface area contributed by atoms with Gasteiger partial charge in [0.25, 0.3) is 0 Å². The van der Waals surface area contributed by atoms with Gasteiger partial charge in [0.2, 0.25) is 15.9 Å². The van der Waals surface area contributed by atoms with Gasteiger partial charge >= 0.3 is 0 Å². The third kappa shape index (κ3) is 3.33. The van der Waals surface area contributed by atoms with E-state index in [1.165, 1.54) is 15.4 Å². The minimum absolute atomic E-state index is 0.121. The SMILES string of the molecule is CCCNc1ccncc1S(=O)(=O)N1CCN(C)C(=O)C1. The molecule has 0 spiro atoms. The van der Waals surface area contributed by atoms with Crippen molar-refractivity contribution in [3.8, 4) is 0 Å². The maximum absolute atomic E-state index is 12.7. The lowest BCUT2D eigenvalue weighted by Gasteiger charge is -2.31. The van der Waals surface area contributed by atoms with Crippen LogP contribution in [0.25, 0.3) is 0 Å². The fraction of sp³-hybridized carbons (Fsp3) is 0.538. The molecule has 0 bridgehead atoms. The van der Waals surface area contributed by atoms with Crippen LogP contribution in [0, 0.1) is 0 Å². The number of likely N-dealkylation sites (N-methyl/N-ethyl adjacent to an activating group) is 1. The van der Waals surface area contributed by atoms with Gasteiger partial charge in [-0.3, -0.25) is 9.78 Å². The minimum Gasteiger partial charge on any atom is -0.384 e. The van der Waals surface area contributed by atoms with E-state index in [0.29, 0.717) is 25.3 Å². The van der Waals surface area contributed by atoms with Crippen molar-refractivity contribution in [3.63, 3.8) is 0 Å². The molecule has 7 nitrogen and oxygen atoms in total. The zero-order chi connectivity index (χ0) is 15.5. The standard InChI is InChI=1S/C13H20N4O3S/c1-3-5-15-11-4-6-14-9-12(11)21(19,20)17-8-7-16(2)13(18)10-17/h4,6,9H,3,5,7-8,10H2,1-2H3,(H,14,15). The van der Waals surface area contributed by atoms with Crippen molar-refractivity contribution in [3.05, 3.63) is 18.5 Å². The van der Waals surface area contributed by atoms with Crippen LogP contribution in [0.4, 0.5) is 5.69 Å². The Morgan fingerprint density at radius 1 is 1.38 bits per heavy atom. The Hall–Kier alpha value is -1.67. The van der Waals surface area contributed by atoms with Crippen LogP contribution < -0.4 is 5.32 Å². The molecule has 1 aliphatic heterocycles. The van der Waals surface area contributed by atoms with Crippen molar-refractivity contribution >= 4 is 21.6 Å². The van der Waals surface area contributed by atoms with Gasteiger partial charge in [-0.1, -0.05) is 6.92 Å². The first-order chi connectivity index (χ1) is 9.96. The molecule has 1 aliphatic rings. The summed E-state index contributed by atoms with van der Waals surface area (Å²) in [5, 5.41) is 3.09. The lowest BCUT2D eigenvalue weighted by atomic mass is 10.4. The first-order valence-corrected chi connectivity index (χ1v) is 8.33. The second-order valence-corrected chi connectivity index (χ2v) is 6.86. The van der Waals surface area contributed by atoms with Gasteiger partial charge in [-0.2, -0.15) is 4.31 Å². The zero-order valence-electron chi connectivity index (χ0n) is 12.2. The van der Waals surface area contributed by atoms with E-state index in [2.05, 4.69) is 10.3 Å². The number of amides is 1. The highest BCUT2D eigenvalue weighted by Gasteiger charge is 2.33. The predicted octanol–water partition coefficient (Wildman–Crippen LogP) is 0.366. The highest BCUT2D eigenvalue weighted by Crippen LogP contribution is 2.24. The fourth-order valence-corrected chi connectivity index (χ4v) is 3.57. The highest BCUT2D eigenvalue weighted by atomic mass is 32.2. The monoisotopic (exact) mass is 312 g/mol. The number of carbonyl (C=O) groups is 1. The number of piperazine rings is 1. The first kappa shape index (κ1) is 15.7. The van der Waals surface area contributed by atoms with Crippen molar-refractivity contribution in [2.45, 2.75) is 18.2 Å². The predicted molar refractivity (Wildman–Crippen MR) is 79.4 cm³/mol. The Labute approximate surface area is 125 Å².